The van der Waals surface area contributed by atoms with Crippen molar-refractivity contribution >= 4 is 28.9 Å². The Morgan fingerprint density at radius 2 is 1.88 bits per heavy atom. The second kappa shape index (κ2) is 8.13. The lowest BCUT2D eigenvalue weighted by Gasteiger charge is -2.09. The van der Waals surface area contributed by atoms with Gasteiger partial charge in [-0.05, 0) is 42.5 Å². The molecule has 0 aromatic heterocycles. The third-order valence-corrected chi connectivity index (χ3v) is 3.22. The minimum absolute atomic E-state index is 0.0345. The Balaban J connectivity index is 1.87. The van der Waals surface area contributed by atoms with Crippen molar-refractivity contribution in [1.82, 2.24) is 0 Å². The molecule has 0 fully saturated rings. The maximum atomic E-state index is 12.0. The van der Waals surface area contributed by atoms with Gasteiger partial charge in [0.15, 0.2) is 0 Å². The Kier molecular flexibility index (Phi) is 5.93. The molecule has 0 saturated heterocycles. The first kappa shape index (κ1) is 17.5. The quantitative estimate of drug-likeness (QED) is 0.828. The van der Waals surface area contributed by atoms with E-state index >= 15 is 0 Å². The number of alkyl halides is 2. The van der Waals surface area contributed by atoms with E-state index in [-0.39, 0.29) is 23.2 Å². The normalized spacial score (nSPS) is 10.1. The highest BCUT2D eigenvalue weighted by Crippen LogP contribution is 2.20. The molecule has 5 nitrogen and oxygen atoms in total. The van der Waals surface area contributed by atoms with Gasteiger partial charge in [-0.3, -0.25) is 4.79 Å². The van der Waals surface area contributed by atoms with Crippen molar-refractivity contribution < 1.29 is 18.3 Å². The number of anilines is 2. The topological polar surface area (TPSA) is 74.2 Å². The lowest BCUT2D eigenvalue weighted by molar-refractivity contribution is -0.114. The van der Waals surface area contributed by atoms with E-state index in [2.05, 4.69) is 15.4 Å². The first-order valence-corrected chi connectivity index (χ1v) is 7.14. The molecule has 0 aliphatic rings. The van der Waals surface area contributed by atoms with Crippen molar-refractivity contribution in [2.24, 2.45) is 0 Å². The number of hydrogen-bond acceptors (Lipinski definition) is 4. The Morgan fingerprint density at radius 3 is 2.46 bits per heavy atom. The van der Waals surface area contributed by atoms with Crippen LogP contribution in [0.15, 0.2) is 42.5 Å². The zero-order chi connectivity index (χ0) is 17.5. The van der Waals surface area contributed by atoms with Crippen molar-refractivity contribution in [3.05, 3.63) is 53.1 Å². The summed E-state index contributed by atoms with van der Waals surface area (Å²) in [5.41, 5.74) is 1.36. The van der Waals surface area contributed by atoms with Gasteiger partial charge in [0, 0.05) is 11.4 Å². The summed E-state index contributed by atoms with van der Waals surface area (Å²) in [6, 6.07) is 12.3. The molecule has 0 radical (unpaired) electrons. The van der Waals surface area contributed by atoms with Gasteiger partial charge in [-0.25, -0.2) is 0 Å². The van der Waals surface area contributed by atoms with Crippen molar-refractivity contribution in [1.29, 1.82) is 5.26 Å². The van der Waals surface area contributed by atoms with Crippen LogP contribution in [0.25, 0.3) is 0 Å². The van der Waals surface area contributed by atoms with E-state index in [1.807, 2.05) is 6.07 Å². The minimum atomic E-state index is -2.88. The Hall–Kier alpha value is -2.85. The van der Waals surface area contributed by atoms with E-state index in [1.54, 1.807) is 6.07 Å². The first-order chi connectivity index (χ1) is 11.5. The molecule has 0 unspecified atom stereocenters. The number of nitrogens with zero attached hydrogens (tertiary/aromatic N) is 1. The van der Waals surface area contributed by atoms with Gasteiger partial charge in [-0.15, -0.1) is 0 Å². The molecule has 0 aliphatic heterocycles. The molecule has 24 heavy (non-hydrogen) atoms. The number of ether oxygens (including phenoxy) is 1. The summed E-state index contributed by atoms with van der Waals surface area (Å²) in [4.78, 5) is 11.9. The van der Waals surface area contributed by atoms with Gasteiger partial charge < -0.3 is 15.4 Å². The van der Waals surface area contributed by atoms with Crippen molar-refractivity contribution in [2.75, 3.05) is 17.2 Å². The second-order valence-corrected chi connectivity index (χ2v) is 5.02. The fourth-order valence-electron chi connectivity index (χ4n) is 1.83. The lowest BCUT2D eigenvalue weighted by atomic mass is 10.2. The average molecular weight is 352 g/mol. The molecule has 2 N–H and O–H groups in total. The number of amides is 1. The largest absolute Gasteiger partial charge is 0.435 e. The van der Waals surface area contributed by atoms with Crippen LogP contribution in [0.5, 0.6) is 5.75 Å². The molecule has 0 heterocycles. The Labute approximate surface area is 141 Å². The third kappa shape index (κ3) is 5.11. The van der Waals surface area contributed by atoms with Crippen LogP contribution in [0.1, 0.15) is 5.56 Å². The maximum Gasteiger partial charge on any atom is 0.387 e. The highest BCUT2D eigenvalue weighted by molar-refractivity contribution is 6.32. The van der Waals surface area contributed by atoms with E-state index in [4.69, 9.17) is 16.9 Å². The molecule has 0 aliphatic carbocycles. The van der Waals surface area contributed by atoms with Crippen molar-refractivity contribution in [3.63, 3.8) is 0 Å². The number of carbonyl (C=O) groups excluding carboxylic acids is 1. The molecule has 0 saturated carbocycles. The molecular weight excluding hydrogens is 340 g/mol. The number of nitriles is 1. The van der Waals surface area contributed by atoms with Gasteiger partial charge in [0.1, 0.15) is 11.8 Å². The summed E-state index contributed by atoms with van der Waals surface area (Å²) in [7, 11) is 0. The van der Waals surface area contributed by atoms with E-state index in [9.17, 15) is 13.6 Å². The van der Waals surface area contributed by atoms with Crippen molar-refractivity contribution in [3.8, 4) is 11.8 Å². The van der Waals surface area contributed by atoms with Crippen LogP contribution in [-0.4, -0.2) is 19.1 Å². The van der Waals surface area contributed by atoms with Crippen LogP contribution >= 0.6 is 11.6 Å². The Bertz CT molecular complexity index is 761. The summed E-state index contributed by atoms with van der Waals surface area (Å²) < 4.78 is 28.3. The molecule has 2 aromatic rings. The summed E-state index contributed by atoms with van der Waals surface area (Å²) in [5.74, 6) is -0.295. The molecule has 8 heteroatoms. The fraction of sp³-hybridized carbons (Fsp3) is 0.125. The summed E-state index contributed by atoms with van der Waals surface area (Å²) in [6.07, 6.45) is 0. The molecule has 124 valence electrons. The van der Waals surface area contributed by atoms with Gasteiger partial charge in [0.2, 0.25) is 5.91 Å². The highest BCUT2D eigenvalue weighted by Gasteiger charge is 2.06. The van der Waals surface area contributed by atoms with Crippen LogP contribution in [0.4, 0.5) is 20.2 Å². The van der Waals surface area contributed by atoms with Crippen LogP contribution in [0, 0.1) is 11.3 Å². The smallest absolute Gasteiger partial charge is 0.387 e. The predicted molar refractivity (Wildman–Crippen MR) is 86.4 cm³/mol. The monoisotopic (exact) mass is 351 g/mol. The number of benzene rings is 2. The van der Waals surface area contributed by atoms with E-state index in [0.717, 1.165) is 0 Å². The number of carbonyl (C=O) groups is 1. The van der Waals surface area contributed by atoms with E-state index in [0.29, 0.717) is 16.9 Å². The standard InChI is InChI=1S/C16H12ClF2N3O2/c17-14-7-12(2-1-10(14)8-20)22-15(23)9-21-11-3-5-13(6-4-11)24-16(18)19/h1-7,16,21H,9H2,(H,22,23). The summed E-state index contributed by atoms with van der Waals surface area (Å²) in [5, 5.41) is 14.5. The summed E-state index contributed by atoms with van der Waals surface area (Å²) in [6.45, 7) is -2.92. The number of halogens is 3. The van der Waals surface area contributed by atoms with Gasteiger partial charge in [-0.1, -0.05) is 11.6 Å². The molecule has 0 spiro atoms. The minimum Gasteiger partial charge on any atom is -0.435 e. The fourth-order valence-corrected chi connectivity index (χ4v) is 2.05. The third-order valence-electron chi connectivity index (χ3n) is 2.91. The van der Waals surface area contributed by atoms with E-state index in [1.165, 1.54) is 36.4 Å². The molecule has 0 bridgehead atoms. The number of hydrogen-bond donors (Lipinski definition) is 2. The van der Waals surface area contributed by atoms with Crippen LogP contribution in [0.2, 0.25) is 5.02 Å². The van der Waals surface area contributed by atoms with Gasteiger partial charge in [-0.2, -0.15) is 14.0 Å². The lowest BCUT2D eigenvalue weighted by Crippen LogP contribution is -2.21. The number of rotatable bonds is 6. The van der Waals surface area contributed by atoms with Gasteiger partial charge >= 0.3 is 6.61 Å². The average Bonchev–Trinajstić information content (AvgIpc) is 2.54. The molecule has 2 aromatic carbocycles. The molecule has 0 atom stereocenters. The molecular formula is C16H12ClF2N3O2. The first-order valence-electron chi connectivity index (χ1n) is 6.76. The molecule has 2 rings (SSSR count). The van der Waals surface area contributed by atoms with Crippen LogP contribution in [-0.2, 0) is 4.79 Å². The highest BCUT2D eigenvalue weighted by atomic mass is 35.5. The second-order valence-electron chi connectivity index (χ2n) is 4.61. The maximum absolute atomic E-state index is 12.0. The Morgan fingerprint density at radius 1 is 1.21 bits per heavy atom. The van der Waals surface area contributed by atoms with E-state index < -0.39 is 6.61 Å². The SMILES string of the molecule is N#Cc1ccc(NC(=O)CNc2ccc(OC(F)F)cc2)cc1Cl. The predicted octanol–water partition coefficient (Wildman–Crippen LogP) is 3.86. The zero-order valence-corrected chi connectivity index (χ0v) is 13.0. The molecule has 1 amide bonds. The zero-order valence-electron chi connectivity index (χ0n) is 12.2. The van der Waals surface area contributed by atoms with Gasteiger partial charge in [0.25, 0.3) is 0 Å². The number of nitrogens with one attached hydrogen (secondary N) is 2. The van der Waals surface area contributed by atoms with Crippen LogP contribution in [0.3, 0.4) is 0 Å². The van der Waals surface area contributed by atoms with Crippen molar-refractivity contribution in [2.45, 2.75) is 6.61 Å². The van der Waals surface area contributed by atoms with Crippen LogP contribution < -0.4 is 15.4 Å². The van der Waals surface area contributed by atoms with Gasteiger partial charge in [0.05, 0.1) is 17.1 Å². The summed E-state index contributed by atoms with van der Waals surface area (Å²) >= 11 is 5.88.